The minimum Gasteiger partial charge on any atom is -0.353 e. The Labute approximate surface area is 189 Å². The van der Waals surface area contributed by atoms with Gasteiger partial charge in [-0.25, -0.2) is 12.8 Å². The standard InChI is InChI=1S/C22H33FN4O4S/c1-17(2)24-21(28)16-25-9-6-10-26(14-13-25)22(29)18-7-8-19(23)20(15-18)32(30,31)27-11-4-3-5-12-27/h7-8,15,17H,3-6,9-14,16H2,1-2H3,(H,24,28). The molecule has 1 N–H and O–H groups in total. The number of nitrogens with zero attached hydrogens (tertiary/aromatic N) is 3. The fourth-order valence-electron chi connectivity index (χ4n) is 4.16. The third kappa shape index (κ3) is 6.05. The van der Waals surface area contributed by atoms with E-state index in [0.717, 1.165) is 25.3 Å². The second-order valence-electron chi connectivity index (χ2n) is 8.75. The first kappa shape index (κ1) is 24.6. The zero-order valence-electron chi connectivity index (χ0n) is 18.8. The SMILES string of the molecule is CC(C)NC(=O)CN1CCCN(C(=O)c2ccc(F)c(S(=O)(=O)N3CCCCC3)c2)CC1. The van der Waals surface area contributed by atoms with Crippen LogP contribution in [-0.2, 0) is 14.8 Å². The smallest absolute Gasteiger partial charge is 0.253 e. The van der Waals surface area contributed by atoms with Crippen LogP contribution in [-0.4, -0.2) is 86.2 Å². The first-order valence-electron chi connectivity index (χ1n) is 11.3. The number of hydrogen-bond acceptors (Lipinski definition) is 5. The monoisotopic (exact) mass is 468 g/mol. The number of benzene rings is 1. The highest BCUT2D eigenvalue weighted by molar-refractivity contribution is 7.89. The van der Waals surface area contributed by atoms with Gasteiger partial charge in [-0.2, -0.15) is 4.31 Å². The van der Waals surface area contributed by atoms with E-state index in [-0.39, 0.29) is 30.0 Å². The van der Waals surface area contributed by atoms with E-state index in [9.17, 15) is 22.4 Å². The lowest BCUT2D eigenvalue weighted by atomic mass is 10.2. The first-order chi connectivity index (χ1) is 15.2. The van der Waals surface area contributed by atoms with Gasteiger partial charge in [0.25, 0.3) is 5.91 Å². The molecule has 0 atom stereocenters. The molecule has 178 valence electrons. The van der Waals surface area contributed by atoms with Gasteiger partial charge in [-0.3, -0.25) is 14.5 Å². The van der Waals surface area contributed by atoms with E-state index in [0.29, 0.717) is 45.7 Å². The zero-order chi connectivity index (χ0) is 23.3. The van der Waals surface area contributed by atoms with Gasteiger partial charge in [0.15, 0.2) is 0 Å². The minimum atomic E-state index is -3.98. The molecule has 10 heteroatoms. The Bertz CT molecular complexity index is 932. The molecule has 0 saturated carbocycles. The quantitative estimate of drug-likeness (QED) is 0.686. The molecule has 0 radical (unpaired) electrons. The number of halogens is 1. The molecule has 2 fully saturated rings. The molecular formula is C22H33FN4O4S. The molecule has 2 aliphatic heterocycles. The second kappa shape index (κ2) is 10.7. The molecule has 0 unspecified atom stereocenters. The molecule has 32 heavy (non-hydrogen) atoms. The fraction of sp³-hybridized carbons (Fsp3) is 0.636. The van der Waals surface area contributed by atoms with Crippen LogP contribution in [0.5, 0.6) is 0 Å². The molecule has 1 aromatic rings. The molecule has 2 amide bonds. The number of amides is 2. The lowest BCUT2D eigenvalue weighted by molar-refractivity contribution is -0.122. The highest BCUT2D eigenvalue weighted by atomic mass is 32.2. The van der Waals surface area contributed by atoms with Gasteiger partial charge in [-0.05, 0) is 51.3 Å². The van der Waals surface area contributed by atoms with Crippen LogP contribution < -0.4 is 5.32 Å². The van der Waals surface area contributed by atoms with Crippen molar-refractivity contribution in [3.8, 4) is 0 Å². The Morgan fingerprint density at radius 3 is 2.41 bits per heavy atom. The summed E-state index contributed by atoms with van der Waals surface area (Å²) in [7, 11) is -3.98. The van der Waals surface area contributed by atoms with Crippen LogP contribution in [0.1, 0.15) is 49.9 Å². The van der Waals surface area contributed by atoms with Crippen molar-refractivity contribution in [2.24, 2.45) is 0 Å². The summed E-state index contributed by atoms with van der Waals surface area (Å²) in [6, 6.07) is 3.64. The minimum absolute atomic E-state index is 0.0501. The van der Waals surface area contributed by atoms with Crippen molar-refractivity contribution in [3.63, 3.8) is 0 Å². The van der Waals surface area contributed by atoms with Crippen LogP contribution in [0.3, 0.4) is 0 Å². The Hall–Kier alpha value is -2.04. The van der Waals surface area contributed by atoms with Crippen LogP contribution in [0.15, 0.2) is 23.1 Å². The van der Waals surface area contributed by atoms with Crippen molar-refractivity contribution in [1.29, 1.82) is 0 Å². The van der Waals surface area contributed by atoms with E-state index in [1.165, 1.54) is 16.4 Å². The maximum absolute atomic E-state index is 14.5. The molecule has 2 heterocycles. The van der Waals surface area contributed by atoms with Crippen LogP contribution in [0.25, 0.3) is 0 Å². The maximum Gasteiger partial charge on any atom is 0.253 e. The Kier molecular flexibility index (Phi) is 8.24. The Balaban J connectivity index is 1.70. The molecule has 0 spiro atoms. The van der Waals surface area contributed by atoms with Gasteiger partial charge >= 0.3 is 0 Å². The zero-order valence-corrected chi connectivity index (χ0v) is 19.7. The summed E-state index contributed by atoms with van der Waals surface area (Å²) in [5.41, 5.74) is 0.160. The van der Waals surface area contributed by atoms with Crippen LogP contribution in [0.2, 0.25) is 0 Å². The summed E-state index contributed by atoms with van der Waals surface area (Å²) >= 11 is 0. The number of sulfonamides is 1. The Morgan fingerprint density at radius 1 is 1.00 bits per heavy atom. The molecule has 0 bridgehead atoms. The van der Waals surface area contributed by atoms with Gasteiger partial charge < -0.3 is 10.2 Å². The third-order valence-electron chi connectivity index (χ3n) is 5.80. The third-order valence-corrected chi connectivity index (χ3v) is 7.72. The van der Waals surface area contributed by atoms with Crippen molar-refractivity contribution >= 4 is 21.8 Å². The normalized spacial score (nSPS) is 19.1. The number of hydrogen-bond donors (Lipinski definition) is 1. The van der Waals surface area contributed by atoms with E-state index >= 15 is 0 Å². The Morgan fingerprint density at radius 2 is 1.72 bits per heavy atom. The summed E-state index contributed by atoms with van der Waals surface area (Å²) in [4.78, 5) is 28.3. The predicted octanol–water partition coefficient (Wildman–Crippen LogP) is 1.67. The van der Waals surface area contributed by atoms with Crippen molar-refractivity contribution in [2.45, 2.75) is 50.5 Å². The van der Waals surface area contributed by atoms with Crippen LogP contribution in [0.4, 0.5) is 4.39 Å². The van der Waals surface area contributed by atoms with Gasteiger partial charge in [0, 0.05) is 50.9 Å². The molecule has 8 nitrogen and oxygen atoms in total. The van der Waals surface area contributed by atoms with E-state index in [1.807, 2.05) is 18.7 Å². The average Bonchev–Trinajstić information content (AvgIpc) is 2.99. The second-order valence-corrected chi connectivity index (χ2v) is 10.7. The number of carbonyl (C=O) groups excluding carboxylic acids is 2. The number of rotatable bonds is 6. The topological polar surface area (TPSA) is 90.0 Å². The largest absolute Gasteiger partial charge is 0.353 e. The van der Waals surface area contributed by atoms with Gasteiger partial charge in [0.2, 0.25) is 15.9 Å². The molecule has 1 aromatic carbocycles. The van der Waals surface area contributed by atoms with E-state index in [4.69, 9.17) is 0 Å². The number of nitrogens with one attached hydrogen (secondary N) is 1. The van der Waals surface area contributed by atoms with Crippen molar-refractivity contribution in [2.75, 3.05) is 45.8 Å². The highest BCUT2D eigenvalue weighted by Crippen LogP contribution is 2.24. The van der Waals surface area contributed by atoms with Gasteiger partial charge in [-0.15, -0.1) is 0 Å². The van der Waals surface area contributed by atoms with Crippen molar-refractivity contribution in [1.82, 2.24) is 19.4 Å². The molecule has 3 rings (SSSR count). The molecule has 0 aromatic heterocycles. The number of carbonyl (C=O) groups is 2. The highest BCUT2D eigenvalue weighted by Gasteiger charge is 2.30. The predicted molar refractivity (Wildman–Crippen MR) is 119 cm³/mol. The van der Waals surface area contributed by atoms with E-state index in [1.54, 1.807) is 4.90 Å². The summed E-state index contributed by atoms with van der Waals surface area (Å²) < 4.78 is 41.7. The van der Waals surface area contributed by atoms with Crippen molar-refractivity contribution in [3.05, 3.63) is 29.6 Å². The number of piperidine rings is 1. The molecular weight excluding hydrogens is 435 g/mol. The summed E-state index contributed by atoms with van der Waals surface area (Å²) in [6.07, 6.45) is 3.15. The van der Waals surface area contributed by atoms with Crippen LogP contribution in [0, 0.1) is 5.82 Å². The van der Waals surface area contributed by atoms with Crippen LogP contribution >= 0.6 is 0 Å². The molecule has 2 saturated heterocycles. The maximum atomic E-state index is 14.5. The van der Waals surface area contributed by atoms with Gasteiger partial charge in [-0.1, -0.05) is 6.42 Å². The first-order valence-corrected chi connectivity index (χ1v) is 12.7. The molecule has 2 aliphatic rings. The summed E-state index contributed by atoms with van der Waals surface area (Å²) in [6.45, 7) is 6.96. The lowest BCUT2D eigenvalue weighted by Gasteiger charge is -2.26. The summed E-state index contributed by atoms with van der Waals surface area (Å²) in [5.74, 6) is -1.22. The van der Waals surface area contributed by atoms with E-state index < -0.39 is 20.7 Å². The summed E-state index contributed by atoms with van der Waals surface area (Å²) in [5, 5.41) is 2.87. The van der Waals surface area contributed by atoms with E-state index in [2.05, 4.69) is 5.32 Å². The fourth-order valence-corrected chi connectivity index (χ4v) is 5.77. The lowest BCUT2D eigenvalue weighted by Crippen LogP contribution is -2.42. The van der Waals surface area contributed by atoms with Gasteiger partial charge in [0.05, 0.1) is 6.54 Å². The van der Waals surface area contributed by atoms with Crippen molar-refractivity contribution < 1.29 is 22.4 Å². The molecule has 0 aliphatic carbocycles. The van der Waals surface area contributed by atoms with Gasteiger partial charge in [0.1, 0.15) is 10.7 Å². The average molecular weight is 469 g/mol.